The first-order chi connectivity index (χ1) is 7.52. The van der Waals surface area contributed by atoms with Crippen LogP contribution in [0.4, 0.5) is 0 Å². The van der Waals surface area contributed by atoms with Crippen molar-refractivity contribution in [3.05, 3.63) is 33.8 Å². The van der Waals surface area contributed by atoms with Crippen molar-refractivity contribution in [3.63, 3.8) is 0 Å². The molecule has 17 heavy (non-hydrogen) atoms. The van der Waals surface area contributed by atoms with Crippen molar-refractivity contribution in [3.8, 4) is 0 Å². The third kappa shape index (κ3) is 5.59. The van der Waals surface area contributed by atoms with Crippen molar-refractivity contribution in [1.29, 1.82) is 0 Å². The number of rotatable bonds is 4. The van der Waals surface area contributed by atoms with Gasteiger partial charge in [-0.2, -0.15) is 0 Å². The second kappa shape index (κ2) is 7.77. The van der Waals surface area contributed by atoms with Crippen LogP contribution in [0.15, 0.2) is 18.2 Å². The second-order valence-electron chi connectivity index (χ2n) is 3.63. The highest BCUT2D eigenvalue weighted by atomic mass is 35.5. The predicted molar refractivity (Wildman–Crippen MR) is 74.1 cm³/mol. The lowest BCUT2D eigenvalue weighted by Crippen LogP contribution is -2.38. The summed E-state index contributed by atoms with van der Waals surface area (Å²) < 4.78 is 0. The number of hydrogen-bond acceptors (Lipinski definition) is 2. The quantitative estimate of drug-likeness (QED) is 0.897. The second-order valence-corrected chi connectivity index (χ2v) is 4.44. The Balaban J connectivity index is 0.00000256. The van der Waals surface area contributed by atoms with Crippen LogP contribution in [0, 0.1) is 0 Å². The van der Waals surface area contributed by atoms with Crippen molar-refractivity contribution >= 4 is 41.5 Å². The molecule has 1 amide bonds. The van der Waals surface area contributed by atoms with Crippen LogP contribution in [0.5, 0.6) is 0 Å². The first-order valence-electron chi connectivity index (χ1n) is 4.96. The van der Waals surface area contributed by atoms with E-state index in [2.05, 4.69) is 5.32 Å². The van der Waals surface area contributed by atoms with Crippen molar-refractivity contribution in [2.45, 2.75) is 19.4 Å². The van der Waals surface area contributed by atoms with Gasteiger partial charge in [0, 0.05) is 12.6 Å². The minimum atomic E-state index is -0.0728. The summed E-state index contributed by atoms with van der Waals surface area (Å²) in [6.07, 6.45) is 0.279. The van der Waals surface area contributed by atoms with E-state index in [0.717, 1.165) is 5.56 Å². The maximum Gasteiger partial charge on any atom is 0.224 e. The van der Waals surface area contributed by atoms with Crippen LogP contribution in [0.1, 0.15) is 12.5 Å². The molecule has 0 aliphatic rings. The van der Waals surface area contributed by atoms with Crippen LogP contribution in [-0.4, -0.2) is 18.5 Å². The first kappa shape index (κ1) is 16.5. The van der Waals surface area contributed by atoms with Crippen LogP contribution in [0.2, 0.25) is 10.0 Å². The van der Waals surface area contributed by atoms with Crippen LogP contribution < -0.4 is 11.1 Å². The van der Waals surface area contributed by atoms with Crippen molar-refractivity contribution in [1.82, 2.24) is 5.32 Å². The maximum atomic E-state index is 11.5. The van der Waals surface area contributed by atoms with Gasteiger partial charge in [-0.15, -0.1) is 12.4 Å². The summed E-state index contributed by atoms with van der Waals surface area (Å²) in [5.74, 6) is -0.0728. The van der Waals surface area contributed by atoms with Gasteiger partial charge in [-0.05, 0) is 24.6 Å². The molecule has 3 N–H and O–H groups in total. The molecular formula is C11H15Cl3N2O. The van der Waals surface area contributed by atoms with Gasteiger partial charge in [-0.25, -0.2) is 0 Å². The average molecular weight is 298 g/mol. The molecule has 1 aromatic carbocycles. The summed E-state index contributed by atoms with van der Waals surface area (Å²) in [6, 6.07) is 5.13. The molecule has 0 unspecified atom stereocenters. The number of carbonyl (C=O) groups is 1. The number of amides is 1. The zero-order valence-electron chi connectivity index (χ0n) is 9.37. The highest BCUT2D eigenvalue weighted by Gasteiger charge is 2.07. The van der Waals surface area contributed by atoms with Crippen molar-refractivity contribution < 1.29 is 4.79 Å². The number of halogens is 3. The van der Waals surface area contributed by atoms with Crippen molar-refractivity contribution in [2.24, 2.45) is 5.73 Å². The molecule has 0 aromatic heterocycles. The molecule has 1 rings (SSSR count). The lowest BCUT2D eigenvalue weighted by Gasteiger charge is -2.11. The zero-order valence-corrected chi connectivity index (χ0v) is 11.7. The highest BCUT2D eigenvalue weighted by Crippen LogP contribution is 2.22. The van der Waals surface area contributed by atoms with Crippen LogP contribution in [-0.2, 0) is 11.2 Å². The molecule has 0 aliphatic heterocycles. The van der Waals surface area contributed by atoms with E-state index < -0.39 is 0 Å². The van der Waals surface area contributed by atoms with E-state index in [1.165, 1.54) is 0 Å². The first-order valence-corrected chi connectivity index (χ1v) is 5.72. The van der Waals surface area contributed by atoms with E-state index >= 15 is 0 Å². The minimum Gasteiger partial charge on any atom is -0.352 e. The molecule has 0 saturated heterocycles. The summed E-state index contributed by atoms with van der Waals surface area (Å²) in [5.41, 5.74) is 6.23. The normalized spacial score (nSPS) is 11.5. The Morgan fingerprint density at radius 1 is 1.41 bits per heavy atom. The molecule has 6 heteroatoms. The Morgan fingerprint density at radius 2 is 2.06 bits per heavy atom. The minimum absolute atomic E-state index is 0. The number of nitrogens with two attached hydrogens (primary N) is 1. The zero-order chi connectivity index (χ0) is 12.1. The monoisotopic (exact) mass is 296 g/mol. The highest BCUT2D eigenvalue weighted by molar-refractivity contribution is 6.42. The largest absolute Gasteiger partial charge is 0.352 e. The van der Waals surface area contributed by atoms with E-state index in [4.69, 9.17) is 28.9 Å². The molecule has 0 aliphatic carbocycles. The van der Waals surface area contributed by atoms with E-state index in [1.54, 1.807) is 18.2 Å². The standard InChI is InChI=1S/C11H14Cl2N2O.ClH/c1-7(6-14)15-11(16)5-8-2-3-9(12)10(13)4-8;/h2-4,7H,5-6,14H2,1H3,(H,15,16);1H/t7-;/m1./s1. The maximum absolute atomic E-state index is 11.5. The fraction of sp³-hybridized carbons (Fsp3) is 0.364. The molecule has 0 bridgehead atoms. The number of nitrogens with one attached hydrogen (secondary N) is 1. The van der Waals surface area contributed by atoms with Crippen LogP contribution in [0.25, 0.3) is 0 Å². The Labute approximate surface area is 117 Å². The fourth-order valence-electron chi connectivity index (χ4n) is 1.22. The smallest absolute Gasteiger partial charge is 0.224 e. The Hall–Kier alpha value is -0.480. The Kier molecular flexibility index (Phi) is 7.55. The predicted octanol–water partition coefficient (Wildman–Crippen LogP) is 2.42. The fourth-order valence-corrected chi connectivity index (χ4v) is 1.54. The molecule has 0 fully saturated rings. The molecule has 1 aromatic rings. The molecule has 1 atom stereocenters. The van der Waals surface area contributed by atoms with Gasteiger partial charge >= 0.3 is 0 Å². The van der Waals surface area contributed by atoms with E-state index in [-0.39, 0.29) is 30.8 Å². The van der Waals surface area contributed by atoms with Gasteiger partial charge in [0.2, 0.25) is 5.91 Å². The molecule has 0 saturated carbocycles. The van der Waals surface area contributed by atoms with Crippen molar-refractivity contribution in [2.75, 3.05) is 6.54 Å². The Bertz CT molecular complexity index is 385. The van der Waals surface area contributed by atoms with Gasteiger partial charge in [0.1, 0.15) is 0 Å². The summed E-state index contributed by atoms with van der Waals surface area (Å²) >= 11 is 11.6. The summed E-state index contributed by atoms with van der Waals surface area (Å²) in [5, 5.41) is 3.72. The molecule has 0 heterocycles. The molecule has 0 spiro atoms. The SMILES string of the molecule is C[C@H](CN)NC(=O)Cc1ccc(Cl)c(Cl)c1.Cl. The average Bonchev–Trinajstić information content (AvgIpc) is 2.23. The number of carbonyl (C=O) groups excluding carboxylic acids is 1. The third-order valence-electron chi connectivity index (χ3n) is 2.11. The molecule has 3 nitrogen and oxygen atoms in total. The van der Waals surface area contributed by atoms with Gasteiger partial charge in [0.25, 0.3) is 0 Å². The van der Waals surface area contributed by atoms with Gasteiger partial charge in [0.05, 0.1) is 16.5 Å². The topological polar surface area (TPSA) is 55.1 Å². The van der Waals surface area contributed by atoms with Crippen LogP contribution in [0.3, 0.4) is 0 Å². The van der Waals surface area contributed by atoms with E-state index in [0.29, 0.717) is 16.6 Å². The Morgan fingerprint density at radius 3 is 2.59 bits per heavy atom. The number of hydrogen-bond donors (Lipinski definition) is 2. The van der Waals surface area contributed by atoms with Gasteiger partial charge < -0.3 is 11.1 Å². The molecule has 96 valence electrons. The third-order valence-corrected chi connectivity index (χ3v) is 2.85. The molecular weight excluding hydrogens is 282 g/mol. The van der Waals surface area contributed by atoms with E-state index in [9.17, 15) is 4.79 Å². The summed E-state index contributed by atoms with van der Waals surface area (Å²) in [7, 11) is 0. The van der Waals surface area contributed by atoms with Gasteiger partial charge in [-0.3, -0.25) is 4.79 Å². The van der Waals surface area contributed by atoms with E-state index in [1.807, 2.05) is 6.92 Å². The van der Waals surface area contributed by atoms with Gasteiger partial charge in [-0.1, -0.05) is 29.3 Å². The summed E-state index contributed by atoms with van der Waals surface area (Å²) in [6.45, 7) is 2.28. The van der Waals surface area contributed by atoms with Crippen LogP contribution >= 0.6 is 35.6 Å². The lowest BCUT2D eigenvalue weighted by atomic mass is 10.1. The number of benzene rings is 1. The lowest BCUT2D eigenvalue weighted by molar-refractivity contribution is -0.120. The van der Waals surface area contributed by atoms with Gasteiger partial charge in [0.15, 0.2) is 0 Å². The summed E-state index contributed by atoms with van der Waals surface area (Å²) in [4.78, 5) is 11.5. The molecule has 0 radical (unpaired) electrons.